The van der Waals surface area contributed by atoms with Gasteiger partial charge in [-0.3, -0.25) is 4.68 Å². The Hall–Kier alpha value is -0.580. The first-order chi connectivity index (χ1) is 9.17. The van der Waals surface area contributed by atoms with E-state index in [0.717, 1.165) is 48.9 Å². The number of hydrogen-bond acceptors (Lipinski definition) is 3. The monoisotopic (exact) mass is 285 g/mol. The second kappa shape index (κ2) is 6.73. The van der Waals surface area contributed by atoms with Crippen LogP contribution in [0.1, 0.15) is 45.0 Å². The van der Waals surface area contributed by atoms with Crippen molar-refractivity contribution in [3.63, 3.8) is 0 Å². The molecule has 2 rings (SSSR count). The van der Waals surface area contributed by atoms with Crippen LogP contribution in [-0.4, -0.2) is 28.5 Å². The Balaban J connectivity index is 1.99. The van der Waals surface area contributed by atoms with Crippen LogP contribution in [0.25, 0.3) is 0 Å². The Labute approximate surface area is 120 Å². The van der Waals surface area contributed by atoms with E-state index in [1.54, 1.807) is 0 Å². The van der Waals surface area contributed by atoms with E-state index in [0.29, 0.717) is 12.1 Å². The summed E-state index contributed by atoms with van der Waals surface area (Å²) in [5, 5.41) is 8.88. The molecule has 19 heavy (non-hydrogen) atoms. The molecule has 1 fully saturated rings. The lowest BCUT2D eigenvalue weighted by Gasteiger charge is -2.20. The van der Waals surface area contributed by atoms with E-state index in [-0.39, 0.29) is 0 Å². The van der Waals surface area contributed by atoms with Crippen LogP contribution in [0.5, 0.6) is 0 Å². The molecule has 4 nitrogen and oxygen atoms in total. The third-order valence-corrected chi connectivity index (χ3v) is 4.24. The highest BCUT2D eigenvalue weighted by atomic mass is 35.5. The summed E-state index contributed by atoms with van der Waals surface area (Å²) in [6.07, 6.45) is 3.53. The zero-order chi connectivity index (χ0) is 13.8. The van der Waals surface area contributed by atoms with Crippen molar-refractivity contribution in [2.45, 2.75) is 65.3 Å². The number of nitrogens with zero attached hydrogens (tertiary/aromatic N) is 2. The fourth-order valence-corrected chi connectivity index (χ4v) is 2.91. The minimum atomic E-state index is 0.336. The second-order valence-electron chi connectivity index (χ2n) is 5.10. The van der Waals surface area contributed by atoms with Crippen LogP contribution >= 0.6 is 11.6 Å². The number of nitrogens with one attached hydrogen (secondary N) is 1. The van der Waals surface area contributed by atoms with Gasteiger partial charge in [-0.2, -0.15) is 5.10 Å². The zero-order valence-corrected chi connectivity index (χ0v) is 12.8. The van der Waals surface area contributed by atoms with E-state index in [1.165, 1.54) is 6.42 Å². The molecule has 1 aliphatic rings. The number of hydrogen-bond donors (Lipinski definition) is 1. The smallest absolute Gasteiger partial charge is 0.0863 e. The van der Waals surface area contributed by atoms with Crippen molar-refractivity contribution in [2.75, 3.05) is 6.61 Å². The van der Waals surface area contributed by atoms with Crippen molar-refractivity contribution in [3.05, 3.63) is 16.4 Å². The Morgan fingerprint density at radius 2 is 2.32 bits per heavy atom. The minimum Gasteiger partial charge on any atom is -0.377 e. The second-order valence-corrected chi connectivity index (χ2v) is 5.48. The quantitative estimate of drug-likeness (QED) is 0.873. The van der Waals surface area contributed by atoms with Gasteiger partial charge in [0.15, 0.2) is 0 Å². The molecular formula is C14H24ClN3O. The highest BCUT2D eigenvalue weighted by Gasteiger charge is 2.23. The molecule has 2 atom stereocenters. The van der Waals surface area contributed by atoms with Gasteiger partial charge >= 0.3 is 0 Å². The lowest BCUT2D eigenvalue weighted by atomic mass is 10.1. The Morgan fingerprint density at radius 3 is 2.89 bits per heavy atom. The van der Waals surface area contributed by atoms with Crippen LogP contribution in [-0.2, 0) is 24.2 Å². The molecule has 0 aromatic carbocycles. The number of halogens is 1. The predicted molar refractivity (Wildman–Crippen MR) is 77.6 cm³/mol. The third-order valence-electron chi connectivity index (χ3n) is 3.81. The van der Waals surface area contributed by atoms with Crippen molar-refractivity contribution in [3.8, 4) is 0 Å². The SMILES string of the molecule is CCc1nn(CC)c(CNC(C)C2CCCO2)c1Cl. The van der Waals surface area contributed by atoms with E-state index >= 15 is 0 Å². The average molecular weight is 286 g/mol. The lowest BCUT2D eigenvalue weighted by Crippen LogP contribution is -2.37. The molecule has 1 N–H and O–H groups in total. The largest absolute Gasteiger partial charge is 0.377 e. The molecule has 1 saturated heterocycles. The maximum absolute atomic E-state index is 6.40. The molecule has 0 saturated carbocycles. The summed E-state index contributed by atoms with van der Waals surface area (Å²) in [6, 6.07) is 0.351. The first-order valence-electron chi connectivity index (χ1n) is 7.26. The topological polar surface area (TPSA) is 39.1 Å². The summed E-state index contributed by atoms with van der Waals surface area (Å²) in [4.78, 5) is 0. The Kier molecular flexibility index (Phi) is 5.25. The highest BCUT2D eigenvalue weighted by Crippen LogP contribution is 2.22. The fourth-order valence-electron chi connectivity index (χ4n) is 2.57. The lowest BCUT2D eigenvalue weighted by molar-refractivity contribution is 0.0829. The normalized spacial score (nSPS) is 20.9. The Bertz CT molecular complexity index is 413. The molecule has 0 amide bonds. The molecule has 0 bridgehead atoms. The predicted octanol–water partition coefficient (Wildman–Crippen LogP) is 2.78. The first-order valence-corrected chi connectivity index (χ1v) is 7.64. The van der Waals surface area contributed by atoms with Crippen LogP contribution < -0.4 is 5.32 Å². The van der Waals surface area contributed by atoms with Gasteiger partial charge in [0.05, 0.1) is 22.5 Å². The van der Waals surface area contributed by atoms with Gasteiger partial charge in [-0.1, -0.05) is 18.5 Å². The van der Waals surface area contributed by atoms with Crippen molar-refractivity contribution in [1.29, 1.82) is 0 Å². The van der Waals surface area contributed by atoms with Gasteiger partial charge in [0.25, 0.3) is 0 Å². The molecule has 108 valence electrons. The van der Waals surface area contributed by atoms with Gasteiger partial charge in [-0.15, -0.1) is 0 Å². The molecule has 1 aliphatic heterocycles. The van der Waals surface area contributed by atoms with Crippen molar-refractivity contribution in [2.24, 2.45) is 0 Å². The van der Waals surface area contributed by atoms with Crippen molar-refractivity contribution >= 4 is 11.6 Å². The summed E-state index contributed by atoms with van der Waals surface area (Å²) in [7, 11) is 0. The number of rotatable bonds is 6. The minimum absolute atomic E-state index is 0.336. The van der Waals surface area contributed by atoms with Gasteiger partial charge in [0.1, 0.15) is 0 Å². The van der Waals surface area contributed by atoms with Crippen LogP contribution in [0.4, 0.5) is 0 Å². The van der Waals surface area contributed by atoms with Crippen LogP contribution in [0.3, 0.4) is 0 Å². The van der Waals surface area contributed by atoms with Gasteiger partial charge in [0, 0.05) is 25.7 Å². The molecule has 5 heteroatoms. The zero-order valence-electron chi connectivity index (χ0n) is 12.1. The summed E-state index contributed by atoms with van der Waals surface area (Å²) < 4.78 is 7.69. The van der Waals surface area contributed by atoms with Crippen LogP contribution in [0.15, 0.2) is 0 Å². The number of aromatic nitrogens is 2. The van der Waals surface area contributed by atoms with Gasteiger partial charge in [-0.05, 0) is 33.1 Å². The maximum Gasteiger partial charge on any atom is 0.0863 e. The molecule has 2 heterocycles. The molecule has 0 aliphatic carbocycles. The number of ether oxygens (including phenoxy) is 1. The van der Waals surface area contributed by atoms with Gasteiger partial charge < -0.3 is 10.1 Å². The van der Waals surface area contributed by atoms with E-state index in [4.69, 9.17) is 16.3 Å². The summed E-state index contributed by atoms with van der Waals surface area (Å²) >= 11 is 6.40. The van der Waals surface area contributed by atoms with Gasteiger partial charge in [0.2, 0.25) is 0 Å². The first kappa shape index (κ1) is 14.8. The number of aryl methyl sites for hydroxylation is 2. The molecule has 0 radical (unpaired) electrons. The summed E-state index contributed by atoms with van der Waals surface area (Å²) in [5.74, 6) is 0. The van der Waals surface area contributed by atoms with Gasteiger partial charge in [-0.25, -0.2) is 0 Å². The highest BCUT2D eigenvalue weighted by molar-refractivity contribution is 6.31. The molecule has 2 unspecified atom stereocenters. The average Bonchev–Trinajstić information content (AvgIpc) is 3.04. The molecule has 1 aromatic rings. The van der Waals surface area contributed by atoms with E-state index in [1.807, 2.05) is 4.68 Å². The molecule has 0 spiro atoms. The fraction of sp³-hybridized carbons (Fsp3) is 0.786. The Morgan fingerprint density at radius 1 is 1.53 bits per heavy atom. The van der Waals surface area contributed by atoms with E-state index < -0.39 is 0 Å². The molecule has 1 aromatic heterocycles. The summed E-state index contributed by atoms with van der Waals surface area (Å²) in [5.41, 5.74) is 2.08. The maximum atomic E-state index is 6.40. The van der Waals surface area contributed by atoms with Crippen LogP contribution in [0.2, 0.25) is 5.02 Å². The van der Waals surface area contributed by atoms with Crippen molar-refractivity contribution in [1.82, 2.24) is 15.1 Å². The van der Waals surface area contributed by atoms with E-state index in [9.17, 15) is 0 Å². The molecular weight excluding hydrogens is 262 g/mol. The van der Waals surface area contributed by atoms with E-state index in [2.05, 4.69) is 31.2 Å². The van der Waals surface area contributed by atoms with Crippen molar-refractivity contribution < 1.29 is 4.74 Å². The standard InChI is InChI=1S/C14H24ClN3O/c1-4-11-14(15)12(18(5-2)17-11)9-16-10(3)13-7-6-8-19-13/h10,13,16H,4-9H2,1-3H3. The third kappa shape index (κ3) is 3.30. The van der Waals surface area contributed by atoms with Crippen LogP contribution in [0, 0.1) is 0 Å². The summed E-state index contributed by atoms with van der Waals surface area (Å²) in [6.45, 7) is 8.85.